The van der Waals surface area contributed by atoms with E-state index in [2.05, 4.69) is 0 Å². The number of esters is 3. The van der Waals surface area contributed by atoms with Crippen LogP contribution in [-0.4, -0.2) is 38.7 Å². The number of rotatable bonds is 6. The number of allylic oxidation sites excluding steroid dienone is 1. The van der Waals surface area contributed by atoms with E-state index in [1.165, 1.54) is 6.07 Å². The molecule has 0 saturated heterocycles. The van der Waals surface area contributed by atoms with Crippen molar-refractivity contribution in [2.75, 3.05) is 25.7 Å². The first kappa shape index (κ1) is 25.0. The van der Waals surface area contributed by atoms with Crippen molar-refractivity contribution in [1.82, 2.24) is 0 Å². The Morgan fingerprint density at radius 3 is 2.29 bits per heavy atom. The van der Waals surface area contributed by atoms with Crippen molar-refractivity contribution >= 4 is 23.6 Å². The number of carbonyl (C=O) groups is 3. The van der Waals surface area contributed by atoms with E-state index in [-0.39, 0.29) is 34.8 Å². The third-order valence-corrected chi connectivity index (χ3v) is 5.31. The molecule has 180 valence electrons. The van der Waals surface area contributed by atoms with E-state index in [0.717, 1.165) is 31.3 Å². The lowest BCUT2D eigenvalue weighted by Crippen LogP contribution is -2.41. The molecular weight excluding hydrogens is 457 g/mol. The molecule has 0 aromatic heterocycles. The van der Waals surface area contributed by atoms with Crippen LogP contribution >= 0.6 is 0 Å². The largest absolute Gasteiger partial charge is 0.466 e. The maximum absolute atomic E-state index is 15.1. The summed E-state index contributed by atoms with van der Waals surface area (Å²) in [7, 11) is 2.18. The van der Waals surface area contributed by atoms with Crippen molar-refractivity contribution in [2.24, 2.45) is 5.73 Å². The number of halogens is 1. The monoisotopic (exact) mass is 479 g/mol. The van der Waals surface area contributed by atoms with E-state index in [0.29, 0.717) is 5.56 Å². The molecule has 1 aliphatic rings. The fourth-order valence-electron chi connectivity index (χ4n) is 3.79. The summed E-state index contributed by atoms with van der Waals surface area (Å²) in [5, 5.41) is 10.0. The number of carbonyl (C=O) groups excluding carboxylic acids is 3. The summed E-state index contributed by atoms with van der Waals surface area (Å²) in [5.74, 6) is -5.04. The molecule has 2 aromatic carbocycles. The Bertz CT molecular complexity index is 1280. The Morgan fingerprint density at radius 1 is 1.06 bits per heavy atom. The van der Waals surface area contributed by atoms with Crippen molar-refractivity contribution in [1.29, 1.82) is 5.26 Å². The van der Waals surface area contributed by atoms with Crippen molar-refractivity contribution < 1.29 is 33.0 Å². The summed E-state index contributed by atoms with van der Waals surface area (Å²) in [4.78, 5) is 39.2. The number of ether oxygens (including phenoxy) is 3. The van der Waals surface area contributed by atoms with Gasteiger partial charge in [0.2, 0.25) is 0 Å². The van der Waals surface area contributed by atoms with Gasteiger partial charge < -0.3 is 19.9 Å². The topological polar surface area (TPSA) is 132 Å². The van der Waals surface area contributed by atoms with Crippen LogP contribution in [0.4, 0.5) is 10.1 Å². The van der Waals surface area contributed by atoms with Gasteiger partial charge in [-0.2, -0.15) is 5.26 Å². The van der Waals surface area contributed by atoms with E-state index in [9.17, 15) is 19.6 Å². The molecule has 1 unspecified atom stereocenters. The van der Waals surface area contributed by atoms with Crippen LogP contribution in [0.3, 0.4) is 0 Å². The van der Waals surface area contributed by atoms with Gasteiger partial charge in [0, 0.05) is 0 Å². The summed E-state index contributed by atoms with van der Waals surface area (Å²) in [6.45, 7) is 1.69. The highest BCUT2D eigenvalue weighted by Crippen LogP contribution is 2.43. The number of nitrogens with two attached hydrogens (primary N) is 1. The third-order valence-electron chi connectivity index (χ3n) is 5.31. The number of hydrogen-bond acceptors (Lipinski definition) is 9. The molecular formula is C25H22FN3O6. The van der Waals surface area contributed by atoms with Crippen LogP contribution in [-0.2, 0) is 23.8 Å². The molecule has 0 fully saturated rings. The molecule has 2 aromatic rings. The standard InChI is InChI=1S/C25H22FN3O6/c1-4-35-23(30)15-10-11-17(26)18(12-15)29-21(25(32)34-3)20(24(31)33-2)19(16(13-27)22(29)28)14-8-6-5-7-9-14/h5-12,19H,4,28H2,1-3H3. The van der Waals surface area contributed by atoms with Gasteiger partial charge in [0.15, 0.2) is 0 Å². The number of anilines is 1. The number of nitrogens with zero attached hydrogens (tertiary/aromatic N) is 2. The molecule has 0 bridgehead atoms. The van der Waals surface area contributed by atoms with Gasteiger partial charge in [-0.05, 0) is 30.7 Å². The minimum Gasteiger partial charge on any atom is -0.466 e. The summed E-state index contributed by atoms with van der Waals surface area (Å²) >= 11 is 0. The molecule has 1 atom stereocenters. The second-order valence-corrected chi connectivity index (χ2v) is 7.22. The molecule has 35 heavy (non-hydrogen) atoms. The van der Waals surface area contributed by atoms with Gasteiger partial charge in [0.1, 0.15) is 17.3 Å². The fraction of sp³-hybridized carbons (Fsp3) is 0.200. The van der Waals surface area contributed by atoms with Crippen LogP contribution in [0.5, 0.6) is 0 Å². The number of hydrogen-bond donors (Lipinski definition) is 1. The van der Waals surface area contributed by atoms with Crippen molar-refractivity contribution in [3.8, 4) is 6.07 Å². The second kappa shape index (κ2) is 10.5. The predicted octanol–water partition coefficient (Wildman–Crippen LogP) is 2.90. The Morgan fingerprint density at radius 2 is 1.71 bits per heavy atom. The third kappa shape index (κ3) is 4.56. The van der Waals surface area contributed by atoms with E-state index in [1.54, 1.807) is 37.3 Å². The van der Waals surface area contributed by atoms with Crippen LogP contribution in [0, 0.1) is 17.1 Å². The highest BCUT2D eigenvalue weighted by atomic mass is 19.1. The predicted molar refractivity (Wildman–Crippen MR) is 122 cm³/mol. The Kier molecular flexibility index (Phi) is 7.51. The molecule has 2 N–H and O–H groups in total. The van der Waals surface area contributed by atoms with E-state index in [1.807, 2.05) is 6.07 Å². The first-order chi connectivity index (χ1) is 16.8. The highest BCUT2D eigenvalue weighted by Gasteiger charge is 2.43. The molecule has 9 nitrogen and oxygen atoms in total. The lowest BCUT2D eigenvalue weighted by Gasteiger charge is -2.36. The summed E-state index contributed by atoms with van der Waals surface area (Å²) < 4.78 is 29.9. The number of benzene rings is 2. The second-order valence-electron chi connectivity index (χ2n) is 7.22. The zero-order valence-electron chi connectivity index (χ0n) is 19.2. The molecule has 0 saturated carbocycles. The molecule has 0 spiro atoms. The summed E-state index contributed by atoms with van der Waals surface area (Å²) in [6, 6.07) is 13.6. The van der Waals surface area contributed by atoms with Gasteiger partial charge >= 0.3 is 17.9 Å². The van der Waals surface area contributed by atoms with Crippen LogP contribution in [0.15, 0.2) is 71.2 Å². The van der Waals surface area contributed by atoms with Crippen LogP contribution in [0.1, 0.15) is 28.8 Å². The van der Waals surface area contributed by atoms with Crippen molar-refractivity contribution in [3.05, 3.63) is 88.1 Å². The zero-order chi connectivity index (χ0) is 25.7. The lowest BCUT2D eigenvalue weighted by molar-refractivity contribution is -0.139. The molecule has 0 aliphatic carbocycles. The molecule has 1 aliphatic heterocycles. The molecule has 0 amide bonds. The van der Waals surface area contributed by atoms with Gasteiger partial charge in [0.25, 0.3) is 0 Å². The molecule has 3 rings (SSSR count). The minimum absolute atomic E-state index is 0.0384. The summed E-state index contributed by atoms with van der Waals surface area (Å²) in [6.07, 6.45) is 0. The first-order valence-electron chi connectivity index (χ1n) is 10.4. The van der Waals surface area contributed by atoms with Gasteiger partial charge in [-0.15, -0.1) is 0 Å². The normalized spacial score (nSPS) is 15.4. The maximum Gasteiger partial charge on any atom is 0.355 e. The first-order valence-corrected chi connectivity index (χ1v) is 10.4. The quantitative estimate of drug-likeness (QED) is 0.490. The fourth-order valence-corrected chi connectivity index (χ4v) is 3.79. The van der Waals surface area contributed by atoms with E-state index < -0.39 is 35.3 Å². The Balaban J connectivity index is 2.41. The van der Waals surface area contributed by atoms with Crippen molar-refractivity contribution in [3.63, 3.8) is 0 Å². The smallest absolute Gasteiger partial charge is 0.355 e. The van der Waals surface area contributed by atoms with Crippen LogP contribution < -0.4 is 10.6 Å². The van der Waals surface area contributed by atoms with Crippen LogP contribution in [0.2, 0.25) is 0 Å². The molecule has 1 heterocycles. The van der Waals surface area contributed by atoms with Gasteiger partial charge in [-0.3, -0.25) is 4.90 Å². The van der Waals surface area contributed by atoms with Crippen LogP contribution in [0.25, 0.3) is 0 Å². The summed E-state index contributed by atoms with van der Waals surface area (Å²) in [5.41, 5.74) is 5.53. The van der Waals surface area contributed by atoms with E-state index in [4.69, 9.17) is 19.9 Å². The van der Waals surface area contributed by atoms with Gasteiger partial charge in [-0.1, -0.05) is 30.3 Å². The highest BCUT2D eigenvalue weighted by molar-refractivity contribution is 6.06. The zero-order valence-corrected chi connectivity index (χ0v) is 19.2. The lowest BCUT2D eigenvalue weighted by atomic mass is 9.81. The SMILES string of the molecule is CCOC(=O)c1ccc(F)c(N2C(N)=C(C#N)C(c3ccccc3)C(C(=O)OC)=C2C(=O)OC)c1. The Hall–Kier alpha value is -4.65. The average molecular weight is 479 g/mol. The molecule has 0 radical (unpaired) electrons. The van der Waals surface area contributed by atoms with E-state index >= 15 is 4.39 Å². The number of methoxy groups -OCH3 is 2. The minimum atomic E-state index is -1.10. The average Bonchev–Trinajstić information content (AvgIpc) is 2.88. The van der Waals surface area contributed by atoms with Crippen molar-refractivity contribution in [2.45, 2.75) is 12.8 Å². The number of nitriles is 1. The van der Waals surface area contributed by atoms with Gasteiger partial charge in [0.05, 0.1) is 55.2 Å². The van der Waals surface area contributed by atoms with Gasteiger partial charge in [-0.25, -0.2) is 18.8 Å². The molecule has 10 heteroatoms. The maximum atomic E-state index is 15.1. The Labute approximate surface area is 200 Å².